The monoisotopic (exact) mass is 385 g/mol. The van der Waals surface area contributed by atoms with E-state index in [1.54, 1.807) is 61.7 Å². The number of ether oxygens (including phenoxy) is 1. The smallest absolute Gasteiger partial charge is 0.293 e. The van der Waals surface area contributed by atoms with Gasteiger partial charge in [-0.1, -0.05) is 18.2 Å². The molecule has 4 N–H and O–H groups in total. The highest BCUT2D eigenvalue weighted by Gasteiger charge is 2.17. The molecule has 0 aliphatic rings. The Hall–Kier alpha value is -3.39. The van der Waals surface area contributed by atoms with E-state index in [9.17, 15) is 14.4 Å². The van der Waals surface area contributed by atoms with E-state index >= 15 is 0 Å². The Balaban J connectivity index is 1.77. The maximum Gasteiger partial charge on any atom is 0.293 e. The maximum atomic E-state index is 12.2. The molecule has 28 heavy (non-hydrogen) atoms. The number of anilines is 1. The Kier molecular flexibility index (Phi) is 7.98. The summed E-state index contributed by atoms with van der Waals surface area (Å²) in [6, 6.07) is 15.6. The number of carbonyl (C=O) groups excluding carboxylic acids is 3. The van der Waals surface area contributed by atoms with Gasteiger partial charge in [-0.05, 0) is 43.3 Å². The van der Waals surface area contributed by atoms with E-state index in [1.165, 1.54) is 0 Å². The van der Waals surface area contributed by atoms with Crippen molar-refractivity contribution in [3.63, 3.8) is 0 Å². The van der Waals surface area contributed by atoms with E-state index in [4.69, 9.17) is 4.74 Å². The van der Waals surface area contributed by atoms with Crippen molar-refractivity contribution < 1.29 is 24.0 Å². The number of hydrogen-bond donors (Lipinski definition) is 4. The van der Waals surface area contributed by atoms with Crippen molar-refractivity contribution in [1.29, 1.82) is 0 Å². The first-order valence-corrected chi connectivity index (χ1v) is 8.93. The first kappa shape index (κ1) is 20.9. The average Bonchev–Trinajstić information content (AvgIpc) is 2.72. The van der Waals surface area contributed by atoms with Gasteiger partial charge in [-0.2, -0.15) is 0 Å². The van der Waals surface area contributed by atoms with Crippen LogP contribution in [0, 0.1) is 0 Å². The van der Waals surface area contributed by atoms with E-state index in [0.717, 1.165) is 4.90 Å². The minimum absolute atomic E-state index is 0.0571. The SMILES string of the molecule is CC[NH+](CC(=O)NNC(=O)c1ccccc1)CC(=O)Nc1ccc(OC)cc1. The van der Waals surface area contributed by atoms with Crippen molar-refractivity contribution in [1.82, 2.24) is 10.9 Å². The summed E-state index contributed by atoms with van der Waals surface area (Å²) in [6.07, 6.45) is 0. The molecule has 2 aromatic rings. The van der Waals surface area contributed by atoms with Crippen LogP contribution in [0.3, 0.4) is 0 Å². The van der Waals surface area contributed by atoms with Gasteiger partial charge in [-0.15, -0.1) is 0 Å². The van der Waals surface area contributed by atoms with Gasteiger partial charge in [0.1, 0.15) is 5.75 Å². The molecule has 0 heterocycles. The molecule has 0 fully saturated rings. The minimum atomic E-state index is -0.399. The lowest BCUT2D eigenvalue weighted by Crippen LogP contribution is -3.14. The topological polar surface area (TPSA) is 101 Å². The average molecular weight is 385 g/mol. The third-order valence-corrected chi connectivity index (χ3v) is 4.05. The van der Waals surface area contributed by atoms with E-state index in [0.29, 0.717) is 23.5 Å². The highest BCUT2D eigenvalue weighted by atomic mass is 16.5. The zero-order chi connectivity index (χ0) is 20.4. The van der Waals surface area contributed by atoms with Gasteiger partial charge < -0.3 is 15.0 Å². The molecule has 148 valence electrons. The second-order valence-corrected chi connectivity index (χ2v) is 6.10. The van der Waals surface area contributed by atoms with Crippen molar-refractivity contribution in [2.75, 3.05) is 32.1 Å². The summed E-state index contributed by atoms with van der Waals surface area (Å²) in [4.78, 5) is 37.0. The van der Waals surface area contributed by atoms with Gasteiger partial charge in [0.2, 0.25) is 0 Å². The van der Waals surface area contributed by atoms with Crippen LogP contribution in [0.25, 0.3) is 0 Å². The fraction of sp³-hybridized carbons (Fsp3) is 0.250. The van der Waals surface area contributed by atoms with Crippen LogP contribution in [0.1, 0.15) is 17.3 Å². The molecule has 2 rings (SSSR count). The summed E-state index contributed by atoms with van der Waals surface area (Å²) in [7, 11) is 1.57. The number of nitrogens with one attached hydrogen (secondary N) is 4. The van der Waals surface area contributed by atoms with Crippen molar-refractivity contribution in [2.45, 2.75) is 6.92 Å². The number of hydrazine groups is 1. The normalized spacial score (nSPS) is 11.2. The molecule has 1 unspecified atom stereocenters. The van der Waals surface area contributed by atoms with Crippen molar-refractivity contribution >= 4 is 23.4 Å². The number of carbonyl (C=O) groups is 3. The highest BCUT2D eigenvalue weighted by Crippen LogP contribution is 2.14. The molecule has 8 heteroatoms. The molecule has 0 aromatic heterocycles. The lowest BCUT2D eigenvalue weighted by atomic mass is 10.2. The van der Waals surface area contributed by atoms with Gasteiger partial charge in [0.05, 0.1) is 13.7 Å². The quantitative estimate of drug-likeness (QED) is 0.481. The summed E-state index contributed by atoms with van der Waals surface area (Å²) < 4.78 is 5.08. The van der Waals surface area contributed by atoms with Crippen LogP contribution in [-0.4, -0.2) is 44.5 Å². The molecule has 2 aromatic carbocycles. The Labute approximate surface area is 163 Å². The Morgan fingerprint density at radius 1 is 0.893 bits per heavy atom. The van der Waals surface area contributed by atoms with Gasteiger partial charge >= 0.3 is 0 Å². The number of likely N-dealkylation sites (N-methyl/N-ethyl adjacent to an activating group) is 1. The van der Waals surface area contributed by atoms with Crippen LogP contribution in [0.2, 0.25) is 0 Å². The van der Waals surface area contributed by atoms with Gasteiger partial charge in [-0.3, -0.25) is 25.2 Å². The van der Waals surface area contributed by atoms with Gasteiger partial charge in [-0.25, -0.2) is 0 Å². The van der Waals surface area contributed by atoms with E-state index in [1.807, 2.05) is 6.92 Å². The Morgan fingerprint density at radius 3 is 2.14 bits per heavy atom. The van der Waals surface area contributed by atoms with E-state index in [2.05, 4.69) is 16.2 Å². The Morgan fingerprint density at radius 2 is 1.54 bits per heavy atom. The van der Waals surface area contributed by atoms with Crippen LogP contribution in [0.5, 0.6) is 5.75 Å². The lowest BCUT2D eigenvalue weighted by molar-refractivity contribution is -0.881. The van der Waals surface area contributed by atoms with Crippen molar-refractivity contribution in [2.24, 2.45) is 0 Å². The Bertz CT molecular complexity index is 794. The summed E-state index contributed by atoms with van der Waals surface area (Å²) in [6.45, 7) is 2.64. The first-order chi connectivity index (χ1) is 13.5. The molecule has 1 atom stereocenters. The molecule has 8 nitrogen and oxygen atoms in total. The van der Waals surface area contributed by atoms with Gasteiger partial charge in [0.25, 0.3) is 17.7 Å². The van der Waals surface area contributed by atoms with Gasteiger partial charge in [0, 0.05) is 11.3 Å². The molecular weight excluding hydrogens is 360 g/mol. The van der Waals surface area contributed by atoms with Crippen LogP contribution in [-0.2, 0) is 9.59 Å². The number of quaternary nitrogens is 1. The van der Waals surface area contributed by atoms with Crippen molar-refractivity contribution in [3.05, 3.63) is 60.2 Å². The van der Waals surface area contributed by atoms with Crippen molar-refractivity contribution in [3.8, 4) is 5.75 Å². The predicted octanol–water partition coefficient (Wildman–Crippen LogP) is -0.000300. The standard InChI is InChI=1S/C20H24N4O4/c1-3-24(13-18(25)21-16-9-11-17(28-2)12-10-16)14-19(26)22-23-20(27)15-7-5-4-6-8-15/h4-12H,3,13-14H2,1-2H3,(H,21,25)(H,22,26)(H,23,27)/p+1. The summed E-state index contributed by atoms with van der Waals surface area (Å²) >= 11 is 0. The highest BCUT2D eigenvalue weighted by molar-refractivity contribution is 5.95. The number of amides is 3. The summed E-state index contributed by atoms with van der Waals surface area (Å²) in [5.74, 6) is -0.279. The second kappa shape index (κ2) is 10.7. The molecular formula is C20H25N4O4+. The fourth-order valence-corrected chi connectivity index (χ4v) is 2.48. The predicted molar refractivity (Wildman–Crippen MR) is 105 cm³/mol. The molecule has 0 radical (unpaired) electrons. The summed E-state index contributed by atoms with van der Waals surface area (Å²) in [5, 5.41) is 2.79. The van der Waals surface area contributed by atoms with Crippen LogP contribution in [0.15, 0.2) is 54.6 Å². The molecule has 0 aliphatic carbocycles. The molecule has 0 saturated heterocycles. The maximum absolute atomic E-state index is 12.2. The number of rotatable bonds is 8. The summed E-state index contributed by atoms with van der Waals surface area (Å²) in [5.41, 5.74) is 5.84. The van der Waals surface area contributed by atoms with Crippen LogP contribution >= 0.6 is 0 Å². The van der Waals surface area contributed by atoms with Crippen LogP contribution < -0.4 is 25.8 Å². The van der Waals surface area contributed by atoms with Gasteiger partial charge in [0.15, 0.2) is 13.1 Å². The second-order valence-electron chi connectivity index (χ2n) is 6.10. The van der Waals surface area contributed by atoms with E-state index in [-0.39, 0.29) is 24.9 Å². The fourth-order valence-electron chi connectivity index (χ4n) is 2.48. The zero-order valence-corrected chi connectivity index (χ0v) is 16.0. The molecule has 0 saturated carbocycles. The molecule has 0 aliphatic heterocycles. The molecule has 0 bridgehead atoms. The number of benzene rings is 2. The zero-order valence-electron chi connectivity index (χ0n) is 16.0. The first-order valence-electron chi connectivity index (χ1n) is 8.93. The largest absolute Gasteiger partial charge is 0.497 e. The third-order valence-electron chi connectivity index (χ3n) is 4.05. The number of hydrogen-bond acceptors (Lipinski definition) is 4. The lowest BCUT2D eigenvalue weighted by Gasteiger charge is -2.17. The van der Waals surface area contributed by atoms with E-state index < -0.39 is 5.91 Å². The molecule has 0 spiro atoms. The minimum Gasteiger partial charge on any atom is -0.497 e. The third kappa shape index (κ3) is 6.73. The molecule has 3 amide bonds. The number of methoxy groups -OCH3 is 1. The van der Waals surface area contributed by atoms with Crippen LogP contribution in [0.4, 0.5) is 5.69 Å².